The fourth-order valence-corrected chi connectivity index (χ4v) is 6.04. The van der Waals surface area contributed by atoms with Gasteiger partial charge < -0.3 is 14.6 Å². The molecule has 212 valence electrons. The molecule has 2 aliphatic rings. The molecule has 0 spiro atoms. The van der Waals surface area contributed by atoms with Crippen molar-refractivity contribution < 1.29 is 23.8 Å². The monoisotopic (exact) mass is 546 g/mol. The topological polar surface area (TPSA) is 71.9 Å². The van der Waals surface area contributed by atoms with Crippen molar-refractivity contribution in [3.63, 3.8) is 0 Å². The number of carboxylic acids is 1. The Kier molecular flexibility index (Phi) is 8.40. The van der Waals surface area contributed by atoms with Crippen LogP contribution in [0.15, 0.2) is 48.7 Å². The number of methoxy groups -OCH3 is 1. The zero-order chi connectivity index (χ0) is 28.4. The second-order valence-electron chi connectivity index (χ2n) is 11.1. The van der Waals surface area contributed by atoms with Crippen molar-refractivity contribution in [1.82, 2.24) is 9.88 Å². The van der Waals surface area contributed by atoms with Gasteiger partial charge >= 0.3 is 5.97 Å². The number of aliphatic carboxylic acids is 1. The van der Waals surface area contributed by atoms with Crippen LogP contribution >= 0.6 is 0 Å². The van der Waals surface area contributed by atoms with E-state index >= 15 is 0 Å². The molecular formula is C33H39FN2O4. The maximum atomic E-state index is 15.0. The maximum Gasteiger partial charge on any atom is 0.306 e. The Morgan fingerprint density at radius 1 is 1.12 bits per heavy atom. The highest BCUT2D eigenvalue weighted by molar-refractivity contribution is 5.71. The Bertz CT molecular complexity index is 1370. The fourth-order valence-electron chi connectivity index (χ4n) is 6.04. The second-order valence-corrected chi connectivity index (χ2v) is 11.1. The quantitative estimate of drug-likeness (QED) is 0.279. The number of aryl methyl sites for hydroxylation is 1. The van der Waals surface area contributed by atoms with E-state index in [0.29, 0.717) is 23.9 Å². The van der Waals surface area contributed by atoms with Crippen molar-refractivity contribution in [2.24, 2.45) is 11.8 Å². The van der Waals surface area contributed by atoms with Crippen LogP contribution in [0.25, 0.3) is 11.1 Å². The van der Waals surface area contributed by atoms with Crippen LogP contribution in [-0.2, 0) is 17.8 Å². The van der Waals surface area contributed by atoms with Crippen LogP contribution in [0, 0.1) is 17.7 Å². The van der Waals surface area contributed by atoms with E-state index in [2.05, 4.69) is 48.0 Å². The number of pyridine rings is 1. The number of carbonyl (C=O) groups is 1. The molecule has 0 amide bonds. The van der Waals surface area contributed by atoms with Crippen LogP contribution < -0.4 is 9.47 Å². The molecule has 1 fully saturated rings. The number of benzene rings is 2. The van der Waals surface area contributed by atoms with Gasteiger partial charge in [-0.3, -0.25) is 9.69 Å². The Balaban J connectivity index is 1.47. The molecule has 0 saturated heterocycles. The van der Waals surface area contributed by atoms with Crippen molar-refractivity contribution in [3.05, 3.63) is 76.7 Å². The van der Waals surface area contributed by atoms with E-state index in [1.807, 2.05) is 19.1 Å². The van der Waals surface area contributed by atoms with Crippen LogP contribution in [0.3, 0.4) is 0 Å². The lowest BCUT2D eigenvalue weighted by molar-refractivity contribution is -0.142. The maximum absolute atomic E-state index is 15.0. The van der Waals surface area contributed by atoms with Crippen molar-refractivity contribution in [2.45, 2.75) is 65.0 Å². The van der Waals surface area contributed by atoms with E-state index in [9.17, 15) is 14.3 Å². The summed E-state index contributed by atoms with van der Waals surface area (Å²) in [4.78, 5) is 18.2. The largest absolute Gasteiger partial charge is 0.485 e. The molecule has 1 aliphatic heterocycles. The van der Waals surface area contributed by atoms with Gasteiger partial charge in [-0.05, 0) is 84.5 Å². The molecule has 5 rings (SSSR count). The smallest absolute Gasteiger partial charge is 0.306 e. The van der Waals surface area contributed by atoms with Crippen LogP contribution in [-0.4, -0.2) is 41.2 Å². The minimum absolute atomic E-state index is 0.000941. The highest BCUT2D eigenvalue weighted by Crippen LogP contribution is 2.48. The van der Waals surface area contributed by atoms with Crippen molar-refractivity contribution in [1.29, 1.82) is 0 Å². The summed E-state index contributed by atoms with van der Waals surface area (Å²) in [7, 11) is 1.53. The molecule has 2 heterocycles. The molecule has 7 heteroatoms. The first-order valence-electron chi connectivity index (χ1n) is 14.4. The Morgan fingerprint density at radius 3 is 2.58 bits per heavy atom. The zero-order valence-corrected chi connectivity index (χ0v) is 23.8. The minimum atomic E-state index is -0.752. The average Bonchev–Trinajstić information content (AvgIpc) is 3.81. The predicted octanol–water partition coefficient (Wildman–Crippen LogP) is 7.02. The predicted molar refractivity (Wildman–Crippen MR) is 153 cm³/mol. The summed E-state index contributed by atoms with van der Waals surface area (Å²) < 4.78 is 26.9. The molecule has 2 aromatic carbocycles. The van der Waals surface area contributed by atoms with Gasteiger partial charge in [0.2, 0.25) is 5.88 Å². The van der Waals surface area contributed by atoms with E-state index in [1.54, 1.807) is 6.07 Å². The van der Waals surface area contributed by atoms with Gasteiger partial charge in [-0.2, -0.15) is 0 Å². The number of carboxylic acid groups (broad SMARTS) is 1. The summed E-state index contributed by atoms with van der Waals surface area (Å²) in [6.45, 7) is 8.52. The molecule has 1 saturated carbocycles. The third-order valence-electron chi connectivity index (χ3n) is 8.60. The van der Waals surface area contributed by atoms with E-state index in [1.165, 1.54) is 13.3 Å². The van der Waals surface area contributed by atoms with Crippen LogP contribution in [0.5, 0.6) is 11.6 Å². The Labute approximate surface area is 236 Å². The summed E-state index contributed by atoms with van der Waals surface area (Å²) in [6, 6.07) is 14.1. The first-order chi connectivity index (χ1) is 19.3. The molecule has 1 N–H and O–H groups in total. The number of hydrogen-bond acceptors (Lipinski definition) is 5. The first-order valence-corrected chi connectivity index (χ1v) is 14.4. The Morgan fingerprint density at radius 2 is 1.90 bits per heavy atom. The molecule has 1 aromatic heterocycles. The van der Waals surface area contributed by atoms with Crippen molar-refractivity contribution in [3.8, 4) is 22.8 Å². The van der Waals surface area contributed by atoms with Crippen molar-refractivity contribution in [2.75, 3.05) is 20.2 Å². The van der Waals surface area contributed by atoms with Gasteiger partial charge in [0.15, 0.2) is 0 Å². The van der Waals surface area contributed by atoms with E-state index in [0.717, 1.165) is 72.3 Å². The van der Waals surface area contributed by atoms with Gasteiger partial charge in [-0.1, -0.05) is 51.1 Å². The average molecular weight is 547 g/mol. The number of halogens is 1. The number of hydrogen-bond donors (Lipinski definition) is 1. The highest BCUT2D eigenvalue weighted by Gasteiger charge is 2.39. The first kappa shape index (κ1) is 28.1. The summed E-state index contributed by atoms with van der Waals surface area (Å²) in [5.74, 6) is 0.0653. The number of aromatic nitrogens is 1. The molecule has 40 heavy (non-hydrogen) atoms. The molecule has 3 aromatic rings. The normalized spacial score (nSPS) is 18.1. The van der Waals surface area contributed by atoms with Gasteiger partial charge in [0, 0.05) is 18.2 Å². The van der Waals surface area contributed by atoms with Gasteiger partial charge in [0.1, 0.15) is 17.7 Å². The van der Waals surface area contributed by atoms with E-state index in [-0.39, 0.29) is 17.8 Å². The molecule has 0 radical (unpaired) electrons. The zero-order valence-electron chi connectivity index (χ0n) is 23.8. The second kappa shape index (κ2) is 12.0. The Hall–Kier alpha value is -3.45. The van der Waals surface area contributed by atoms with Crippen LogP contribution in [0.2, 0.25) is 0 Å². The van der Waals surface area contributed by atoms with Gasteiger partial charge in [-0.25, -0.2) is 9.37 Å². The summed E-state index contributed by atoms with van der Waals surface area (Å²) in [5.41, 5.74) is 5.59. The lowest BCUT2D eigenvalue weighted by Gasteiger charge is -2.29. The SMILES string of the molecule is CCN(CC)Cc1cc(C2CCc3ccc(C(C4CC4)C(C)C(=O)O)cc3O2)ccc1-c1cc(OC)ncc1F. The number of ether oxygens (including phenoxy) is 2. The lowest BCUT2D eigenvalue weighted by Crippen LogP contribution is -2.23. The third-order valence-corrected chi connectivity index (χ3v) is 8.60. The fraction of sp³-hybridized carbons (Fsp3) is 0.455. The van der Waals surface area contributed by atoms with E-state index in [4.69, 9.17) is 9.47 Å². The number of fused-ring (bicyclic) bond motifs is 1. The molecule has 0 bridgehead atoms. The molecular weight excluding hydrogens is 507 g/mol. The highest BCUT2D eigenvalue weighted by atomic mass is 19.1. The van der Waals surface area contributed by atoms with Gasteiger partial charge in [0.25, 0.3) is 0 Å². The van der Waals surface area contributed by atoms with Crippen molar-refractivity contribution >= 4 is 5.97 Å². The van der Waals surface area contributed by atoms with Gasteiger partial charge in [0.05, 0.1) is 19.2 Å². The number of nitrogens with zero attached hydrogens (tertiary/aromatic N) is 2. The summed E-state index contributed by atoms with van der Waals surface area (Å²) >= 11 is 0. The third kappa shape index (κ3) is 5.85. The molecule has 3 atom stereocenters. The molecule has 6 nitrogen and oxygen atoms in total. The summed E-state index contributed by atoms with van der Waals surface area (Å²) in [5, 5.41) is 9.73. The lowest BCUT2D eigenvalue weighted by atomic mass is 9.82. The molecule has 1 aliphatic carbocycles. The molecule has 3 unspecified atom stereocenters. The van der Waals surface area contributed by atoms with Crippen LogP contribution in [0.1, 0.15) is 74.3 Å². The minimum Gasteiger partial charge on any atom is -0.485 e. The van der Waals surface area contributed by atoms with Gasteiger partial charge in [-0.15, -0.1) is 0 Å². The number of rotatable bonds is 11. The van der Waals surface area contributed by atoms with Crippen LogP contribution in [0.4, 0.5) is 4.39 Å². The van der Waals surface area contributed by atoms with E-state index < -0.39 is 11.9 Å². The standard InChI is InChI=1S/C33H39FN2O4/c1-5-36(6-2)19-25-15-23(11-13-26(25)27-17-31(39-4)35-18-28(27)34)29-14-12-21-7-10-24(16-30(21)40-29)32(22-8-9-22)20(3)33(37)38/h7,10-11,13,15-18,20,22,29,32H,5-6,8-9,12,14,19H2,1-4H3,(H,37,38). The summed E-state index contributed by atoms with van der Waals surface area (Å²) in [6.07, 6.45) is 4.95.